The molecule has 10 heteroatoms. The van der Waals surface area contributed by atoms with E-state index in [-0.39, 0.29) is 17.2 Å². The van der Waals surface area contributed by atoms with Crippen molar-refractivity contribution in [3.63, 3.8) is 0 Å². The molecule has 1 N–H and O–H groups in total. The topological polar surface area (TPSA) is 110 Å². The lowest BCUT2D eigenvalue weighted by Crippen LogP contribution is -2.27. The van der Waals surface area contributed by atoms with Crippen LogP contribution in [0, 0.1) is 13.8 Å². The largest absolute Gasteiger partial charge is 0.361 e. The quantitative estimate of drug-likeness (QED) is 0.511. The van der Waals surface area contributed by atoms with Gasteiger partial charge in [0.25, 0.3) is 0 Å². The van der Waals surface area contributed by atoms with Gasteiger partial charge in [0.1, 0.15) is 11.6 Å². The Kier molecular flexibility index (Phi) is 6.85. The lowest BCUT2D eigenvalue weighted by Gasteiger charge is -2.15. The molecular weight excluding hydrogens is 442 g/mol. The predicted molar refractivity (Wildman–Crippen MR) is 124 cm³/mol. The van der Waals surface area contributed by atoms with Crippen molar-refractivity contribution in [1.82, 2.24) is 24.3 Å². The lowest BCUT2D eigenvalue weighted by molar-refractivity contribution is -0.121. The Bertz CT molecular complexity index is 1240. The normalized spacial score (nSPS) is 14.9. The van der Waals surface area contributed by atoms with Crippen LogP contribution in [0.2, 0.25) is 0 Å². The highest BCUT2D eigenvalue weighted by Crippen LogP contribution is 2.26. The summed E-state index contributed by atoms with van der Waals surface area (Å²) in [7, 11) is -3.50. The van der Waals surface area contributed by atoms with Crippen LogP contribution in [0.15, 0.2) is 27.6 Å². The Morgan fingerprint density at radius 3 is 2.64 bits per heavy atom. The van der Waals surface area contributed by atoms with Gasteiger partial charge in [0.05, 0.1) is 21.6 Å². The number of sulfonamides is 1. The summed E-state index contributed by atoms with van der Waals surface area (Å²) >= 11 is 0. The third-order valence-corrected chi connectivity index (χ3v) is 8.06. The highest BCUT2D eigenvalue weighted by molar-refractivity contribution is 7.89. The molecule has 0 spiro atoms. The molecule has 0 atom stereocenters. The molecule has 9 nitrogen and oxygen atoms in total. The first-order chi connectivity index (χ1) is 15.8. The third-order valence-electron chi connectivity index (χ3n) is 6.17. The molecule has 1 saturated heterocycles. The highest BCUT2D eigenvalue weighted by atomic mass is 32.2. The molecule has 3 heterocycles. The lowest BCUT2D eigenvalue weighted by atomic mass is 10.2. The Morgan fingerprint density at radius 1 is 1.21 bits per heavy atom. The van der Waals surface area contributed by atoms with Crippen molar-refractivity contribution in [2.24, 2.45) is 0 Å². The van der Waals surface area contributed by atoms with Crippen LogP contribution >= 0.6 is 0 Å². The standard InChI is InChI=1S/C23H31N5O4S/c1-4-11-28-21-8-7-18(33(30,31)27-12-5-6-13-27)14-20(21)25-22(28)9-10-23(29)24-15-19-16(2)26-32-17(19)3/h7-8,14H,4-6,9-13,15H2,1-3H3,(H,24,29). The minimum atomic E-state index is -3.50. The molecule has 178 valence electrons. The summed E-state index contributed by atoms with van der Waals surface area (Å²) in [5.41, 5.74) is 3.21. The summed E-state index contributed by atoms with van der Waals surface area (Å²) in [6, 6.07) is 5.17. The van der Waals surface area contributed by atoms with Gasteiger partial charge in [-0.15, -0.1) is 0 Å². The maximum atomic E-state index is 13.0. The van der Waals surface area contributed by atoms with Gasteiger partial charge in [0, 0.05) is 44.6 Å². The molecule has 0 radical (unpaired) electrons. The molecule has 1 aliphatic heterocycles. The summed E-state index contributed by atoms with van der Waals surface area (Å²) in [4.78, 5) is 17.5. The van der Waals surface area contributed by atoms with Crippen LogP contribution in [0.5, 0.6) is 0 Å². The van der Waals surface area contributed by atoms with Gasteiger partial charge in [0.15, 0.2) is 0 Å². The second-order valence-corrected chi connectivity index (χ2v) is 10.5. The van der Waals surface area contributed by atoms with Crippen molar-refractivity contribution in [2.45, 2.75) is 70.9 Å². The summed E-state index contributed by atoms with van der Waals surface area (Å²) in [5, 5.41) is 6.83. The number of hydrogen-bond acceptors (Lipinski definition) is 6. The molecule has 0 bridgehead atoms. The van der Waals surface area contributed by atoms with Crippen molar-refractivity contribution >= 4 is 27.0 Å². The monoisotopic (exact) mass is 473 g/mol. The zero-order chi connectivity index (χ0) is 23.6. The molecule has 2 aromatic heterocycles. The molecule has 1 aliphatic rings. The Hall–Kier alpha value is -2.72. The number of rotatable bonds is 9. The number of carbonyl (C=O) groups is 1. The van der Waals surface area contributed by atoms with E-state index < -0.39 is 10.0 Å². The molecule has 1 aromatic carbocycles. The smallest absolute Gasteiger partial charge is 0.243 e. The molecule has 4 rings (SSSR count). The average molecular weight is 474 g/mol. The first kappa shape index (κ1) is 23.4. The van der Waals surface area contributed by atoms with Gasteiger partial charge < -0.3 is 14.4 Å². The second kappa shape index (κ2) is 9.64. The molecule has 0 saturated carbocycles. The van der Waals surface area contributed by atoms with E-state index in [1.807, 2.05) is 19.9 Å². The van der Waals surface area contributed by atoms with Gasteiger partial charge in [-0.1, -0.05) is 12.1 Å². The maximum absolute atomic E-state index is 13.0. The van der Waals surface area contributed by atoms with Crippen LogP contribution in [0.3, 0.4) is 0 Å². The summed E-state index contributed by atoms with van der Waals surface area (Å²) in [6.45, 7) is 8.03. The van der Waals surface area contributed by atoms with Crippen molar-refractivity contribution in [3.8, 4) is 0 Å². The fraction of sp³-hybridized carbons (Fsp3) is 0.522. The van der Waals surface area contributed by atoms with E-state index in [1.165, 1.54) is 0 Å². The Morgan fingerprint density at radius 2 is 1.97 bits per heavy atom. The molecule has 3 aromatic rings. The third kappa shape index (κ3) is 4.81. The van der Waals surface area contributed by atoms with Crippen molar-refractivity contribution in [3.05, 3.63) is 41.0 Å². The van der Waals surface area contributed by atoms with Crippen molar-refractivity contribution in [2.75, 3.05) is 13.1 Å². The van der Waals surface area contributed by atoms with E-state index in [0.29, 0.717) is 37.3 Å². The van der Waals surface area contributed by atoms with Gasteiger partial charge in [-0.05, 0) is 51.3 Å². The van der Waals surface area contributed by atoms with Crippen LogP contribution in [-0.4, -0.2) is 46.4 Å². The van der Waals surface area contributed by atoms with Crippen molar-refractivity contribution in [1.29, 1.82) is 0 Å². The first-order valence-electron chi connectivity index (χ1n) is 11.5. The predicted octanol–water partition coefficient (Wildman–Crippen LogP) is 3.08. The fourth-order valence-electron chi connectivity index (χ4n) is 4.32. The van der Waals surface area contributed by atoms with Gasteiger partial charge in [-0.25, -0.2) is 13.4 Å². The van der Waals surface area contributed by atoms with Crippen LogP contribution < -0.4 is 5.32 Å². The Labute approximate surface area is 194 Å². The number of nitrogens with one attached hydrogen (secondary N) is 1. The maximum Gasteiger partial charge on any atom is 0.243 e. The highest BCUT2D eigenvalue weighted by Gasteiger charge is 2.28. The minimum absolute atomic E-state index is 0.0811. The molecular formula is C23H31N5O4S. The zero-order valence-corrected chi connectivity index (χ0v) is 20.2. The summed E-state index contributed by atoms with van der Waals surface area (Å²) in [5.74, 6) is 1.41. The SMILES string of the molecule is CCCn1c(CCC(=O)NCc2c(C)noc2C)nc2cc(S(=O)(=O)N3CCCC3)ccc21. The number of fused-ring (bicyclic) bond motifs is 1. The molecule has 33 heavy (non-hydrogen) atoms. The van der Waals surface area contributed by atoms with Gasteiger partial charge in [-0.2, -0.15) is 4.31 Å². The number of carbonyl (C=O) groups excluding carboxylic acids is 1. The van der Waals surface area contributed by atoms with Crippen LogP contribution in [0.4, 0.5) is 0 Å². The summed E-state index contributed by atoms with van der Waals surface area (Å²) < 4.78 is 34.7. The van der Waals surface area contributed by atoms with Gasteiger partial charge in [-0.3, -0.25) is 4.79 Å². The van der Waals surface area contributed by atoms with E-state index >= 15 is 0 Å². The first-order valence-corrected chi connectivity index (χ1v) is 12.9. The van der Waals surface area contributed by atoms with Crippen LogP contribution in [0.1, 0.15) is 55.4 Å². The van der Waals surface area contributed by atoms with E-state index in [1.54, 1.807) is 16.4 Å². The minimum Gasteiger partial charge on any atom is -0.361 e. The van der Waals surface area contributed by atoms with Gasteiger partial charge in [0.2, 0.25) is 15.9 Å². The number of aromatic nitrogens is 3. The van der Waals surface area contributed by atoms with Crippen LogP contribution in [0.25, 0.3) is 11.0 Å². The number of hydrogen-bond donors (Lipinski definition) is 1. The number of aryl methyl sites for hydroxylation is 4. The van der Waals surface area contributed by atoms with E-state index in [9.17, 15) is 13.2 Å². The van der Waals surface area contributed by atoms with E-state index in [0.717, 1.165) is 48.4 Å². The number of benzene rings is 1. The number of amides is 1. The molecule has 1 amide bonds. The van der Waals surface area contributed by atoms with Crippen LogP contribution in [-0.2, 0) is 34.3 Å². The molecule has 0 unspecified atom stereocenters. The van der Waals surface area contributed by atoms with Gasteiger partial charge >= 0.3 is 0 Å². The molecule has 0 aliphatic carbocycles. The summed E-state index contributed by atoms with van der Waals surface area (Å²) in [6.07, 6.45) is 3.46. The van der Waals surface area contributed by atoms with Crippen molar-refractivity contribution < 1.29 is 17.7 Å². The molecule has 1 fully saturated rings. The van der Waals surface area contributed by atoms with E-state index in [2.05, 4.69) is 22.0 Å². The average Bonchev–Trinajstić information content (AvgIpc) is 3.52. The van der Waals surface area contributed by atoms with E-state index in [4.69, 9.17) is 9.51 Å². The second-order valence-electron chi connectivity index (χ2n) is 8.52. The Balaban J connectivity index is 1.50. The zero-order valence-electron chi connectivity index (χ0n) is 19.4. The number of imidazole rings is 1. The fourth-order valence-corrected chi connectivity index (χ4v) is 5.85. The number of nitrogens with zero attached hydrogens (tertiary/aromatic N) is 4.